The van der Waals surface area contributed by atoms with Gasteiger partial charge in [0.1, 0.15) is 0 Å². The maximum absolute atomic E-state index is 11.2. The molecule has 1 aromatic heterocycles. The van der Waals surface area contributed by atoms with Gasteiger partial charge in [0.2, 0.25) is 0 Å². The molecule has 2 aromatic rings. The van der Waals surface area contributed by atoms with Crippen LogP contribution in [0.25, 0.3) is 11.3 Å². The molecule has 0 aliphatic carbocycles. The summed E-state index contributed by atoms with van der Waals surface area (Å²) in [6.45, 7) is 2.23. The van der Waals surface area contributed by atoms with Crippen LogP contribution >= 0.6 is 0 Å². The number of aromatic carboxylic acids is 1. The number of carbonyl (C=O) groups is 1. The Balaban J connectivity index is 1.88. The first-order valence-corrected chi connectivity index (χ1v) is 7.95. The van der Waals surface area contributed by atoms with Crippen molar-refractivity contribution < 1.29 is 9.90 Å². The van der Waals surface area contributed by atoms with Crippen molar-refractivity contribution in [3.63, 3.8) is 0 Å². The van der Waals surface area contributed by atoms with Crippen LogP contribution in [-0.4, -0.2) is 46.1 Å². The summed E-state index contributed by atoms with van der Waals surface area (Å²) in [6.07, 6.45) is 6.68. The van der Waals surface area contributed by atoms with Gasteiger partial charge in [-0.1, -0.05) is 12.1 Å². The molecule has 1 aromatic carbocycles. The van der Waals surface area contributed by atoms with Gasteiger partial charge in [-0.2, -0.15) is 0 Å². The molecule has 2 heterocycles. The Hall–Kier alpha value is -2.27. The molecule has 1 unspecified atom stereocenters. The monoisotopic (exact) mass is 311 g/mol. The fourth-order valence-electron chi connectivity index (χ4n) is 3.27. The largest absolute Gasteiger partial charge is 0.478 e. The molecule has 0 bridgehead atoms. The average molecular weight is 311 g/mol. The molecule has 1 aliphatic heterocycles. The SMILES string of the molecule is CN1CCCC(Cc2nccnc2-c2cccc(C(=O)O)c2)C1. The Morgan fingerprint density at radius 2 is 2.17 bits per heavy atom. The molecular formula is C18H21N3O2. The van der Waals surface area contributed by atoms with E-state index >= 15 is 0 Å². The first kappa shape index (κ1) is 15.6. The number of piperidine rings is 1. The number of carboxylic acids is 1. The molecule has 5 heteroatoms. The van der Waals surface area contributed by atoms with Crippen LogP contribution in [0.2, 0.25) is 0 Å². The molecule has 1 saturated heterocycles. The van der Waals surface area contributed by atoms with Gasteiger partial charge in [0.15, 0.2) is 0 Å². The summed E-state index contributed by atoms with van der Waals surface area (Å²) in [5, 5.41) is 9.17. The van der Waals surface area contributed by atoms with Crippen molar-refractivity contribution in [2.24, 2.45) is 5.92 Å². The van der Waals surface area contributed by atoms with Gasteiger partial charge in [-0.05, 0) is 50.9 Å². The van der Waals surface area contributed by atoms with Crippen LogP contribution in [0.5, 0.6) is 0 Å². The van der Waals surface area contributed by atoms with Crippen molar-refractivity contribution in [1.29, 1.82) is 0 Å². The van der Waals surface area contributed by atoms with Crippen LogP contribution in [0, 0.1) is 5.92 Å². The highest BCUT2D eigenvalue weighted by atomic mass is 16.4. The predicted octanol–water partition coefficient (Wildman–Crippen LogP) is 2.73. The minimum atomic E-state index is -0.925. The number of benzene rings is 1. The van der Waals surface area contributed by atoms with Crippen LogP contribution in [0.4, 0.5) is 0 Å². The summed E-state index contributed by atoms with van der Waals surface area (Å²) in [6, 6.07) is 6.92. The molecule has 0 amide bonds. The van der Waals surface area contributed by atoms with Crippen molar-refractivity contribution in [2.45, 2.75) is 19.3 Å². The highest BCUT2D eigenvalue weighted by molar-refractivity contribution is 5.89. The highest BCUT2D eigenvalue weighted by Crippen LogP contribution is 2.26. The third-order valence-corrected chi connectivity index (χ3v) is 4.36. The van der Waals surface area contributed by atoms with Gasteiger partial charge in [-0.3, -0.25) is 9.97 Å². The van der Waals surface area contributed by atoms with E-state index in [2.05, 4.69) is 21.9 Å². The average Bonchev–Trinajstić information content (AvgIpc) is 2.55. The van der Waals surface area contributed by atoms with Crippen LogP contribution in [0.1, 0.15) is 28.9 Å². The molecule has 3 rings (SSSR count). The van der Waals surface area contributed by atoms with Crippen LogP contribution in [-0.2, 0) is 6.42 Å². The van der Waals surface area contributed by atoms with Crippen molar-refractivity contribution in [3.05, 3.63) is 47.9 Å². The lowest BCUT2D eigenvalue weighted by Gasteiger charge is -2.29. The molecule has 1 aliphatic rings. The first-order valence-electron chi connectivity index (χ1n) is 7.95. The van der Waals surface area contributed by atoms with Crippen molar-refractivity contribution in [2.75, 3.05) is 20.1 Å². The van der Waals surface area contributed by atoms with E-state index in [0.29, 0.717) is 5.92 Å². The molecule has 0 saturated carbocycles. The minimum Gasteiger partial charge on any atom is -0.478 e. The van der Waals surface area contributed by atoms with E-state index in [1.54, 1.807) is 30.6 Å². The van der Waals surface area contributed by atoms with Gasteiger partial charge in [-0.25, -0.2) is 4.79 Å². The van der Waals surface area contributed by atoms with Gasteiger partial charge in [0.05, 0.1) is 17.0 Å². The van der Waals surface area contributed by atoms with Gasteiger partial charge in [-0.15, -0.1) is 0 Å². The summed E-state index contributed by atoms with van der Waals surface area (Å²) in [5.41, 5.74) is 2.84. The Morgan fingerprint density at radius 3 is 2.96 bits per heavy atom. The van der Waals surface area contributed by atoms with Gasteiger partial charge >= 0.3 is 5.97 Å². The predicted molar refractivity (Wildman–Crippen MR) is 88.4 cm³/mol. The third kappa shape index (κ3) is 3.74. The molecule has 1 fully saturated rings. The number of nitrogens with zero attached hydrogens (tertiary/aromatic N) is 3. The second-order valence-corrected chi connectivity index (χ2v) is 6.21. The summed E-state index contributed by atoms with van der Waals surface area (Å²) < 4.78 is 0. The molecule has 23 heavy (non-hydrogen) atoms. The minimum absolute atomic E-state index is 0.275. The van der Waals surface area contributed by atoms with E-state index in [9.17, 15) is 9.90 Å². The number of hydrogen-bond donors (Lipinski definition) is 1. The summed E-state index contributed by atoms with van der Waals surface area (Å²) in [7, 11) is 2.15. The van der Waals surface area contributed by atoms with Crippen molar-refractivity contribution in [1.82, 2.24) is 14.9 Å². The van der Waals surface area contributed by atoms with E-state index in [-0.39, 0.29) is 5.56 Å². The maximum Gasteiger partial charge on any atom is 0.335 e. The number of aromatic nitrogens is 2. The molecule has 1 atom stereocenters. The first-order chi connectivity index (χ1) is 11.1. The van der Waals surface area contributed by atoms with Crippen molar-refractivity contribution >= 4 is 5.97 Å². The normalized spacial score (nSPS) is 18.7. The van der Waals surface area contributed by atoms with Gasteiger partial charge < -0.3 is 10.0 Å². The fraction of sp³-hybridized carbons (Fsp3) is 0.389. The molecule has 120 valence electrons. The Labute approximate surface area is 136 Å². The van der Waals surface area contributed by atoms with E-state index in [1.807, 2.05) is 6.07 Å². The lowest BCUT2D eigenvalue weighted by Crippen LogP contribution is -2.33. The lowest BCUT2D eigenvalue weighted by atomic mass is 9.92. The zero-order chi connectivity index (χ0) is 16.2. The van der Waals surface area contributed by atoms with Crippen LogP contribution in [0.15, 0.2) is 36.7 Å². The molecule has 5 nitrogen and oxygen atoms in total. The summed E-state index contributed by atoms with van der Waals surface area (Å²) >= 11 is 0. The molecule has 1 N–H and O–H groups in total. The van der Waals surface area contributed by atoms with Crippen LogP contribution < -0.4 is 0 Å². The lowest BCUT2D eigenvalue weighted by molar-refractivity contribution is 0.0697. The molecule has 0 radical (unpaired) electrons. The van der Waals surface area contributed by atoms with E-state index < -0.39 is 5.97 Å². The maximum atomic E-state index is 11.2. The van der Waals surface area contributed by atoms with E-state index in [0.717, 1.165) is 36.5 Å². The number of rotatable bonds is 4. The Bertz CT molecular complexity index is 702. The summed E-state index contributed by atoms with van der Waals surface area (Å²) in [5.74, 6) is -0.349. The highest BCUT2D eigenvalue weighted by Gasteiger charge is 2.20. The second-order valence-electron chi connectivity index (χ2n) is 6.21. The van der Waals surface area contributed by atoms with Crippen molar-refractivity contribution in [3.8, 4) is 11.3 Å². The zero-order valence-corrected chi connectivity index (χ0v) is 13.3. The number of carboxylic acid groups (broad SMARTS) is 1. The third-order valence-electron chi connectivity index (χ3n) is 4.36. The van der Waals surface area contributed by atoms with Crippen LogP contribution in [0.3, 0.4) is 0 Å². The smallest absolute Gasteiger partial charge is 0.335 e. The van der Waals surface area contributed by atoms with Gasteiger partial charge in [0.25, 0.3) is 0 Å². The quantitative estimate of drug-likeness (QED) is 0.940. The molecule has 0 spiro atoms. The summed E-state index contributed by atoms with van der Waals surface area (Å²) in [4.78, 5) is 22.5. The second kappa shape index (κ2) is 6.87. The van der Waals surface area contributed by atoms with E-state index in [1.165, 1.54) is 12.8 Å². The zero-order valence-electron chi connectivity index (χ0n) is 13.3. The topological polar surface area (TPSA) is 66.3 Å². The Kier molecular flexibility index (Phi) is 4.67. The number of likely N-dealkylation sites (tertiary alicyclic amines) is 1. The van der Waals surface area contributed by atoms with Gasteiger partial charge in [0, 0.05) is 24.5 Å². The molecular weight excluding hydrogens is 290 g/mol. The fourth-order valence-corrected chi connectivity index (χ4v) is 3.27. The standard InChI is InChI=1S/C18H21N3O2/c1-21-9-3-4-13(12-21)10-16-17(20-8-7-19-16)14-5-2-6-15(11-14)18(22)23/h2,5-8,11,13H,3-4,9-10,12H2,1H3,(H,22,23). The van der Waals surface area contributed by atoms with E-state index in [4.69, 9.17) is 0 Å². The number of hydrogen-bond acceptors (Lipinski definition) is 4. The Morgan fingerprint density at radius 1 is 1.35 bits per heavy atom.